The molecule has 2 aromatic rings. The smallest absolute Gasteiger partial charge is 0.189 e. The van der Waals surface area contributed by atoms with Crippen LogP contribution < -0.4 is 5.43 Å². The van der Waals surface area contributed by atoms with Crippen LogP contribution in [0.3, 0.4) is 0 Å². The molecule has 0 unspecified atom stereocenters. The number of H-pyrrole nitrogens is 1. The van der Waals surface area contributed by atoms with Crippen molar-refractivity contribution < 1.29 is 4.39 Å². The summed E-state index contributed by atoms with van der Waals surface area (Å²) in [5.74, 6) is -0.343. The normalized spacial score (nSPS) is 10.4. The number of benzene rings is 1. The van der Waals surface area contributed by atoms with Crippen molar-refractivity contribution in [2.75, 3.05) is 0 Å². The fourth-order valence-electron chi connectivity index (χ4n) is 1.15. The Kier molecular flexibility index (Phi) is 1.43. The lowest BCUT2D eigenvalue weighted by Gasteiger charge is -1.94. The molecule has 0 aliphatic carbocycles. The van der Waals surface area contributed by atoms with Crippen LogP contribution in [0.5, 0.6) is 0 Å². The summed E-state index contributed by atoms with van der Waals surface area (Å²) in [7, 11) is 0. The molecule has 0 aliphatic heterocycles. The molecule has 0 amide bonds. The summed E-state index contributed by atoms with van der Waals surface area (Å²) in [4.78, 5) is 13.9. The SMILES string of the molecule is O=c1cc[nH]c2cc(F)ccc12. The molecule has 0 atom stereocenters. The topological polar surface area (TPSA) is 32.9 Å². The number of aromatic amines is 1. The van der Waals surface area contributed by atoms with Gasteiger partial charge in [0.15, 0.2) is 5.43 Å². The molecule has 2 nitrogen and oxygen atoms in total. The second-order valence-corrected chi connectivity index (χ2v) is 2.53. The van der Waals surface area contributed by atoms with E-state index in [-0.39, 0.29) is 11.2 Å². The van der Waals surface area contributed by atoms with Gasteiger partial charge in [0.25, 0.3) is 0 Å². The minimum absolute atomic E-state index is 0.0937. The minimum atomic E-state index is -0.343. The summed E-state index contributed by atoms with van der Waals surface area (Å²) < 4.78 is 12.6. The molecule has 0 aliphatic rings. The standard InChI is InChI=1S/C9H6FNO/c10-6-1-2-7-8(5-6)11-4-3-9(7)12/h1-5H,(H,11,12). The van der Waals surface area contributed by atoms with E-state index in [9.17, 15) is 9.18 Å². The van der Waals surface area contributed by atoms with Crippen LogP contribution in [0.1, 0.15) is 0 Å². The maximum atomic E-state index is 12.6. The quantitative estimate of drug-likeness (QED) is 0.629. The van der Waals surface area contributed by atoms with E-state index < -0.39 is 0 Å². The van der Waals surface area contributed by atoms with Gasteiger partial charge in [-0.25, -0.2) is 4.39 Å². The van der Waals surface area contributed by atoms with E-state index in [4.69, 9.17) is 0 Å². The minimum Gasteiger partial charge on any atom is -0.361 e. The van der Waals surface area contributed by atoms with Crippen LogP contribution in [0, 0.1) is 5.82 Å². The molecule has 0 saturated heterocycles. The summed E-state index contributed by atoms with van der Waals surface area (Å²) in [6.07, 6.45) is 1.50. The van der Waals surface area contributed by atoms with E-state index in [1.54, 1.807) is 0 Å². The molecule has 1 aromatic heterocycles. The first kappa shape index (κ1) is 7.03. The third-order valence-corrected chi connectivity index (χ3v) is 1.72. The van der Waals surface area contributed by atoms with Crippen molar-refractivity contribution in [1.82, 2.24) is 4.98 Å². The summed E-state index contributed by atoms with van der Waals surface area (Å²) in [5, 5.41) is 0.513. The number of aromatic nitrogens is 1. The van der Waals surface area contributed by atoms with E-state index in [1.807, 2.05) is 0 Å². The highest BCUT2D eigenvalue weighted by molar-refractivity contribution is 5.77. The molecule has 0 radical (unpaired) electrons. The first-order chi connectivity index (χ1) is 5.77. The molecule has 0 saturated carbocycles. The average molecular weight is 163 g/mol. The van der Waals surface area contributed by atoms with E-state index in [0.29, 0.717) is 10.9 Å². The molecule has 0 fully saturated rings. The van der Waals surface area contributed by atoms with Gasteiger partial charge in [-0.3, -0.25) is 4.79 Å². The third kappa shape index (κ3) is 0.993. The monoisotopic (exact) mass is 163 g/mol. The van der Waals surface area contributed by atoms with Crippen molar-refractivity contribution in [2.45, 2.75) is 0 Å². The zero-order chi connectivity index (χ0) is 8.55. The highest BCUT2D eigenvalue weighted by Gasteiger charge is 1.97. The fourth-order valence-corrected chi connectivity index (χ4v) is 1.15. The second kappa shape index (κ2) is 2.44. The average Bonchev–Trinajstić information content (AvgIpc) is 2.04. The van der Waals surface area contributed by atoms with Crippen LogP contribution in [0.2, 0.25) is 0 Å². The Morgan fingerprint density at radius 3 is 2.92 bits per heavy atom. The van der Waals surface area contributed by atoms with Gasteiger partial charge in [-0.1, -0.05) is 0 Å². The Hall–Kier alpha value is -1.64. The van der Waals surface area contributed by atoms with Crippen LogP contribution in [0.15, 0.2) is 35.3 Å². The lowest BCUT2D eigenvalue weighted by molar-refractivity contribution is 0.629. The highest BCUT2D eigenvalue weighted by Crippen LogP contribution is 2.07. The molecule has 1 aromatic carbocycles. The van der Waals surface area contributed by atoms with E-state index in [0.717, 1.165) is 0 Å². The number of pyridine rings is 1. The molecule has 1 N–H and O–H groups in total. The summed E-state index contributed by atoms with van der Waals surface area (Å²) >= 11 is 0. The second-order valence-electron chi connectivity index (χ2n) is 2.53. The predicted molar refractivity (Wildman–Crippen MR) is 44.5 cm³/mol. The number of hydrogen-bond acceptors (Lipinski definition) is 1. The molecule has 0 spiro atoms. The van der Waals surface area contributed by atoms with Gasteiger partial charge in [-0.2, -0.15) is 0 Å². The number of nitrogens with one attached hydrogen (secondary N) is 1. The highest BCUT2D eigenvalue weighted by atomic mass is 19.1. The van der Waals surface area contributed by atoms with Crippen LogP contribution in [0.25, 0.3) is 10.9 Å². The molecule has 12 heavy (non-hydrogen) atoms. The Bertz CT molecular complexity index is 475. The number of hydrogen-bond donors (Lipinski definition) is 1. The van der Waals surface area contributed by atoms with Crippen molar-refractivity contribution in [1.29, 1.82) is 0 Å². The zero-order valence-corrected chi connectivity index (χ0v) is 6.17. The maximum absolute atomic E-state index is 12.6. The molecule has 2 rings (SSSR count). The van der Waals surface area contributed by atoms with Crippen molar-refractivity contribution in [3.05, 3.63) is 46.5 Å². The van der Waals surface area contributed by atoms with E-state index >= 15 is 0 Å². The van der Waals surface area contributed by atoms with E-state index in [2.05, 4.69) is 4.98 Å². The van der Waals surface area contributed by atoms with Crippen LogP contribution in [-0.4, -0.2) is 4.98 Å². The predicted octanol–water partition coefficient (Wildman–Crippen LogP) is 1.67. The summed E-state index contributed by atoms with van der Waals surface area (Å²) in [5.41, 5.74) is 0.436. The summed E-state index contributed by atoms with van der Waals surface area (Å²) in [6.45, 7) is 0. The van der Waals surface area contributed by atoms with Crippen molar-refractivity contribution >= 4 is 10.9 Å². The molecule has 1 heterocycles. The Balaban J connectivity index is 2.96. The third-order valence-electron chi connectivity index (χ3n) is 1.72. The number of fused-ring (bicyclic) bond motifs is 1. The van der Waals surface area contributed by atoms with Crippen LogP contribution in [0.4, 0.5) is 4.39 Å². The molecular weight excluding hydrogens is 157 g/mol. The molecule has 60 valence electrons. The van der Waals surface area contributed by atoms with Crippen molar-refractivity contribution in [3.63, 3.8) is 0 Å². The van der Waals surface area contributed by atoms with Crippen LogP contribution >= 0.6 is 0 Å². The van der Waals surface area contributed by atoms with Gasteiger partial charge in [0.2, 0.25) is 0 Å². The molecular formula is C9H6FNO. The lowest BCUT2D eigenvalue weighted by atomic mass is 10.2. The van der Waals surface area contributed by atoms with E-state index in [1.165, 1.54) is 30.5 Å². The van der Waals surface area contributed by atoms with Crippen molar-refractivity contribution in [3.8, 4) is 0 Å². The molecule has 0 bridgehead atoms. The van der Waals surface area contributed by atoms with Gasteiger partial charge in [0.1, 0.15) is 5.82 Å². The van der Waals surface area contributed by atoms with Gasteiger partial charge >= 0.3 is 0 Å². The van der Waals surface area contributed by atoms with Crippen LogP contribution in [-0.2, 0) is 0 Å². The Labute approximate surface area is 67.7 Å². The fraction of sp³-hybridized carbons (Fsp3) is 0. The largest absolute Gasteiger partial charge is 0.361 e. The first-order valence-electron chi connectivity index (χ1n) is 3.54. The van der Waals surface area contributed by atoms with Gasteiger partial charge in [-0.05, 0) is 18.2 Å². The number of rotatable bonds is 0. The first-order valence-corrected chi connectivity index (χ1v) is 3.54. The van der Waals surface area contributed by atoms with Gasteiger partial charge in [0, 0.05) is 17.6 Å². The summed E-state index contributed by atoms with van der Waals surface area (Å²) in [6, 6.07) is 5.47. The zero-order valence-electron chi connectivity index (χ0n) is 6.17. The lowest BCUT2D eigenvalue weighted by Crippen LogP contribution is -1.99. The Morgan fingerprint density at radius 1 is 1.25 bits per heavy atom. The maximum Gasteiger partial charge on any atom is 0.189 e. The van der Waals surface area contributed by atoms with Gasteiger partial charge in [0.05, 0.1) is 5.52 Å². The van der Waals surface area contributed by atoms with Gasteiger partial charge < -0.3 is 4.98 Å². The molecule has 3 heteroatoms. The Morgan fingerprint density at radius 2 is 2.08 bits per heavy atom. The number of halogens is 1. The van der Waals surface area contributed by atoms with Crippen molar-refractivity contribution in [2.24, 2.45) is 0 Å². The van der Waals surface area contributed by atoms with Gasteiger partial charge in [-0.15, -0.1) is 0 Å².